The highest BCUT2D eigenvalue weighted by molar-refractivity contribution is 7.12. The van der Waals surface area contributed by atoms with E-state index in [2.05, 4.69) is 4.98 Å². The Labute approximate surface area is 205 Å². The average molecular weight is 505 g/mol. The molecule has 2 aromatic carbocycles. The first kappa shape index (κ1) is 26.1. The molecule has 3 aromatic rings. The zero-order valence-corrected chi connectivity index (χ0v) is 20.4. The number of carboxylic acid groups (broad SMARTS) is 1. The predicted octanol–water partition coefficient (Wildman–Crippen LogP) is 5.38. The zero-order chi connectivity index (χ0) is 25.5. The van der Waals surface area contributed by atoms with Crippen molar-refractivity contribution < 1.29 is 33.0 Å². The lowest BCUT2D eigenvalue weighted by Gasteiger charge is -2.23. The van der Waals surface area contributed by atoms with Crippen molar-refractivity contribution in [1.82, 2.24) is 9.88 Å². The molecule has 3 rings (SSSR count). The van der Waals surface area contributed by atoms with Crippen molar-refractivity contribution in [2.45, 2.75) is 32.7 Å². The molecule has 0 radical (unpaired) electrons. The van der Waals surface area contributed by atoms with Crippen LogP contribution >= 0.6 is 11.3 Å². The van der Waals surface area contributed by atoms with Gasteiger partial charge in [0.2, 0.25) is 0 Å². The summed E-state index contributed by atoms with van der Waals surface area (Å²) in [7, 11) is 2.98. The summed E-state index contributed by atoms with van der Waals surface area (Å²) in [6.07, 6.45) is -1.67. The molecule has 0 fully saturated rings. The third kappa shape index (κ3) is 6.33. The molecular weight excluding hydrogens is 478 g/mol. The number of amides is 1. The summed E-state index contributed by atoms with van der Waals surface area (Å²) in [6.45, 7) is 2.00. The van der Waals surface area contributed by atoms with Crippen molar-refractivity contribution in [3.63, 3.8) is 0 Å². The summed E-state index contributed by atoms with van der Waals surface area (Å²) in [4.78, 5) is 29.7. The number of hydrogen-bond donors (Lipinski definition) is 1. The first-order valence-electron chi connectivity index (χ1n) is 10.8. The van der Waals surface area contributed by atoms with Gasteiger partial charge in [-0.15, -0.1) is 11.3 Å². The number of rotatable bonds is 11. The lowest BCUT2D eigenvalue weighted by Crippen LogP contribution is -2.32. The van der Waals surface area contributed by atoms with Gasteiger partial charge in [-0.1, -0.05) is 30.3 Å². The minimum atomic E-state index is -2.97. The van der Waals surface area contributed by atoms with Crippen LogP contribution in [0.4, 0.5) is 8.78 Å². The van der Waals surface area contributed by atoms with E-state index in [1.807, 2.05) is 30.3 Å². The summed E-state index contributed by atoms with van der Waals surface area (Å²) in [5, 5.41) is 9.38. The summed E-state index contributed by atoms with van der Waals surface area (Å²) in [5.74, 6) is -0.961. The highest BCUT2D eigenvalue weighted by Crippen LogP contribution is 2.32. The number of carbonyl (C=O) groups is 2. The average Bonchev–Trinajstić information content (AvgIpc) is 3.28. The first-order chi connectivity index (χ1) is 16.7. The molecular formula is C25H26F2N2O5S. The quantitative estimate of drug-likeness (QED) is 0.377. The Kier molecular flexibility index (Phi) is 8.75. The summed E-state index contributed by atoms with van der Waals surface area (Å²) >= 11 is 0.599. The molecule has 1 aromatic heterocycles. The number of hydrogen-bond acceptors (Lipinski definition) is 6. The van der Waals surface area contributed by atoms with Crippen LogP contribution in [0, 0.1) is 6.92 Å². The summed E-state index contributed by atoms with van der Waals surface area (Å²) < 4.78 is 37.5. The van der Waals surface area contributed by atoms with Gasteiger partial charge in [0.15, 0.2) is 5.69 Å². The molecule has 10 heteroatoms. The Morgan fingerprint density at radius 1 is 1.11 bits per heavy atom. The van der Waals surface area contributed by atoms with Crippen molar-refractivity contribution in [3.05, 3.63) is 74.7 Å². The van der Waals surface area contributed by atoms with Crippen molar-refractivity contribution in [3.8, 4) is 11.5 Å². The molecule has 0 aliphatic carbocycles. The number of benzene rings is 2. The van der Waals surface area contributed by atoms with Crippen LogP contribution in [-0.2, 0) is 13.0 Å². The fraction of sp³-hybridized carbons (Fsp3) is 0.320. The smallest absolute Gasteiger partial charge is 0.355 e. The monoisotopic (exact) mass is 504 g/mol. The number of aromatic carboxylic acids is 1. The third-order valence-electron chi connectivity index (χ3n) is 5.45. The van der Waals surface area contributed by atoms with Crippen LogP contribution in [0.15, 0.2) is 42.5 Å². The lowest BCUT2D eigenvalue weighted by molar-refractivity contribution is 0.0679. The Balaban J connectivity index is 1.91. The highest BCUT2D eigenvalue weighted by Gasteiger charge is 2.26. The third-order valence-corrected chi connectivity index (χ3v) is 6.49. The summed E-state index contributed by atoms with van der Waals surface area (Å²) in [6, 6.07) is 12.9. The molecule has 7 nitrogen and oxygen atoms in total. The molecule has 186 valence electrons. The van der Waals surface area contributed by atoms with Crippen molar-refractivity contribution in [1.29, 1.82) is 0 Å². The second-order valence-electron chi connectivity index (χ2n) is 7.75. The Hall–Kier alpha value is -3.53. The minimum Gasteiger partial charge on any atom is -0.496 e. The number of carbonyl (C=O) groups excluding carboxylic acids is 1. The topological polar surface area (TPSA) is 89.0 Å². The van der Waals surface area contributed by atoms with Gasteiger partial charge in [-0.25, -0.2) is 18.6 Å². The van der Waals surface area contributed by atoms with E-state index < -0.39 is 23.0 Å². The van der Waals surface area contributed by atoms with Crippen LogP contribution in [0.3, 0.4) is 0 Å². The van der Waals surface area contributed by atoms with E-state index in [-0.39, 0.29) is 17.5 Å². The predicted molar refractivity (Wildman–Crippen MR) is 128 cm³/mol. The van der Waals surface area contributed by atoms with E-state index in [9.17, 15) is 23.5 Å². The van der Waals surface area contributed by atoms with Crippen molar-refractivity contribution in [2.24, 2.45) is 0 Å². The number of aromatic nitrogens is 1. The van der Waals surface area contributed by atoms with E-state index >= 15 is 0 Å². The Morgan fingerprint density at radius 3 is 2.26 bits per heavy atom. The number of ether oxygens (including phenoxy) is 2. The minimum absolute atomic E-state index is 0.107. The van der Waals surface area contributed by atoms with Gasteiger partial charge in [0.05, 0.1) is 20.8 Å². The lowest BCUT2D eigenvalue weighted by atomic mass is 10.1. The van der Waals surface area contributed by atoms with E-state index in [1.54, 1.807) is 19.1 Å². The summed E-state index contributed by atoms with van der Waals surface area (Å²) in [5.41, 5.74) is 1.44. The maximum absolute atomic E-state index is 13.5. The van der Waals surface area contributed by atoms with Crippen LogP contribution in [0.5, 0.6) is 11.5 Å². The van der Waals surface area contributed by atoms with Crippen LogP contribution in [0.25, 0.3) is 0 Å². The van der Waals surface area contributed by atoms with Gasteiger partial charge < -0.3 is 19.5 Å². The Bertz CT molecular complexity index is 1160. The molecule has 0 saturated carbocycles. The molecule has 0 aliphatic rings. The van der Waals surface area contributed by atoms with E-state index in [0.717, 1.165) is 11.1 Å². The van der Waals surface area contributed by atoms with Gasteiger partial charge in [-0.2, -0.15) is 0 Å². The molecule has 0 spiro atoms. The SMILES string of the molecule is COc1cc(C(=O)N(CCCc2ccccc2)Cc2nc(C(=O)O)c(C(F)F)s2)cc(OC)c1C. The maximum atomic E-state index is 13.5. The number of aryl methyl sites for hydroxylation is 1. The maximum Gasteiger partial charge on any atom is 0.355 e. The molecule has 35 heavy (non-hydrogen) atoms. The zero-order valence-electron chi connectivity index (χ0n) is 19.6. The number of nitrogens with zero attached hydrogens (tertiary/aromatic N) is 2. The van der Waals surface area contributed by atoms with Crippen LogP contribution in [-0.4, -0.2) is 47.6 Å². The van der Waals surface area contributed by atoms with Gasteiger partial charge in [0.25, 0.3) is 12.3 Å². The normalized spacial score (nSPS) is 10.9. The molecule has 0 atom stereocenters. The second-order valence-corrected chi connectivity index (χ2v) is 8.86. The largest absolute Gasteiger partial charge is 0.496 e. The molecule has 1 heterocycles. The number of methoxy groups -OCH3 is 2. The van der Waals surface area contributed by atoms with Crippen LogP contribution < -0.4 is 9.47 Å². The second kappa shape index (κ2) is 11.7. The fourth-order valence-electron chi connectivity index (χ4n) is 3.67. The number of alkyl halides is 2. The van der Waals surface area contributed by atoms with Gasteiger partial charge in [0.1, 0.15) is 21.4 Å². The van der Waals surface area contributed by atoms with Gasteiger partial charge in [-0.05, 0) is 37.5 Å². The van der Waals surface area contributed by atoms with E-state index in [1.165, 1.54) is 19.1 Å². The highest BCUT2D eigenvalue weighted by atomic mass is 32.1. The van der Waals surface area contributed by atoms with Crippen molar-refractivity contribution in [2.75, 3.05) is 20.8 Å². The molecule has 1 N–H and O–H groups in total. The number of carboxylic acids is 1. The molecule has 0 bridgehead atoms. The molecule has 1 amide bonds. The fourth-order valence-corrected chi connectivity index (χ4v) is 4.60. The Morgan fingerprint density at radius 2 is 1.74 bits per heavy atom. The van der Waals surface area contributed by atoms with E-state index in [0.29, 0.717) is 47.8 Å². The molecule has 0 aliphatic heterocycles. The molecule has 0 saturated heterocycles. The van der Waals surface area contributed by atoms with E-state index in [4.69, 9.17) is 9.47 Å². The van der Waals surface area contributed by atoms with Gasteiger partial charge >= 0.3 is 5.97 Å². The van der Waals surface area contributed by atoms with Crippen LogP contribution in [0.2, 0.25) is 0 Å². The first-order valence-corrected chi connectivity index (χ1v) is 11.6. The van der Waals surface area contributed by atoms with Gasteiger partial charge in [0, 0.05) is 17.7 Å². The number of halogens is 2. The van der Waals surface area contributed by atoms with Crippen molar-refractivity contribution >= 4 is 23.2 Å². The van der Waals surface area contributed by atoms with Gasteiger partial charge in [-0.3, -0.25) is 4.79 Å². The van der Waals surface area contributed by atoms with Crippen LogP contribution in [0.1, 0.15) is 54.7 Å². The number of thiazole rings is 1. The molecule has 0 unspecified atom stereocenters. The standard InChI is InChI=1S/C25H26F2N2O5S/c1-15-18(33-2)12-17(13-19(15)34-3)24(30)29(11-7-10-16-8-5-4-6-9-16)14-20-28-21(25(31)32)22(35-20)23(26)27/h4-6,8-9,12-13,23H,7,10-11,14H2,1-3H3,(H,31,32).